The van der Waals surface area contributed by atoms with E-state index >= 15 is 0 Å². The maximum Gasteiger partial charge on any atom is 0.310 e. The third-order valence-corrected chi connectivity index (χ3v) is 7.38. The first-order valence-electron chi connectivity index (χ1n) is 11.8. The van der Waals surface area contributed by atoms with Crippen LogP contribution in [0.4, 0.5) is 0 Å². The fourth-order valence-electron chi connectivity index (χ4n) is 3.61. The summed E-state index contributed by atoms with van der Waals surface area (Å²) in [6.45, 7) is 4.17. The molecule has 2 atom stereocenters. The van der Waals surface area contributed by atoms with Crippen LogP contribution >= 0.6 is 11.8 Å². The molecule has 0 heterocycles. The number of carbonyl (C=O) groups is 1. The minimum absolute atomic E-state index is 0.328. The Morgan fingerprint density at radius 3 is 1.83 bits per heavy atom. The van der Waals surface area contributed by atoms with Crippen molar-refractivity contribution in [2.45, 2.75) is 89.7 Å². The van der Waals surface area contributed by atoms with Gasteiger partial charge in [-0.1, -0.05) is 74.6 Å². The molecule has 3 heteroatoms. The molecule has 1 aliphatic carbocycles. The van der Waals surface area contributed by atoms with Crippen LogP contribution in [-0.2, 0) is 4.79 Å². The molecule has 0 saturated heterocycles. The first-order chi connectivity index (χ1) is 14.7. The second-order valence-electron chi connectivity index (χ2n) is 7.92. The number of carboxylic acid groups (broad SMARTS) is 1. The highest BCUT2D eigenvalue weighted by Gasteiger charge is 2.51. The Kier molecular flexibility index (Phi) is 15.2. The van der Waals surface area contributed by atoms with Crippen LogP contribution in [0.2, 0.25) is 0 Å². The summed E-state index contributed by atoms with van der Waals surface area (Å²) in [5.41, 5.74) is -0.436. The van der Waals surface area contributed by atoms with Gasteiger partial charge >= 0.3 is 5.97 Å². The van der Waals surface area contributed by atoms with Gasteiger partial charge in [0.2, 0.25) is 0 Å². The van der Waals surface area contributed by atoms with Gasteiger partial charge in [0.15, 0.2) is 0 Å². The van der Waals surface area contributed by atoms with Gasteiger partial charge in [0, 0.05) is 5.25 Å². The third-order valence-electron chi connectivity index (χ3n) is 5.77. The SMILES string of the molecule is CC/C=C\C/C=C\C/C=C\C/C=C\C/C=C\CCCCSC1CCC1(CC)C(=O)O. The number of hydrogen-bond acceptors (Lipinski definition) is 2. The van der Waals surface area contributed by atoms with E-state index in [-0.39, 0.29) is 0 Å². The quantitative estimate of drug-likeness (QED) is 0.186. The molecular formula is C27H42O2S. The van der Waals surface area contributed by atoms with Crippen LogP contribution in [0.5, 0.6) is 0 Å². The van der Waals surface area contributed by atoms with Crippen LogP contribution < -0.4 is 0 Å². The van der Waals surface area contributed by atoms with Crippen LogP contribution in [0.25, 0.3) is 0 Å². The van der Waals surface area contributed by atoms with Crippen molar-refractivity contribution in [3.8, 4) is 0 Å². The number of carboxylic acids is 1. The van der Waals surface area contributed by atoms with Gasteiger partial charge in [-0.3, -0.25) is 4.79 Å². The molecule has 1 fully saturated rings. The summed E-state index contributed by atoms with van der Waals surface area (Å²) >= 11 is 1.88. The Morgan fingerprint density at radius 1 is 0.867 bits per heavy atom. The van der Waals surface area contributed by atoms with E-state index in [1.54, 1.807) is 0 Å². The topological polar surface area (TPSA) is 37.3 Å². The third kappa shape index (κ3) is 10.5. The highest BCUT2D eigenvalue weighted by molar-refractivity contribution is 8.00. The summed E-state index contributed by atoms with van der Waals surface area (Å²) in [6, 6.07) is 0. The standard InChI is InChI=1S/C27H42O2S/c1-3-5-6-7-8-9-10-11-12-13-14-15-16-17-18-19-20-21-24-30-25-22-23-27(25,4-2)26(28)29/h5-6,8-9,11-12,14-15,17-18,25H,3-4,7,10,13,16,19-24H2,1-2H3,(H,28,29)/b6-5-,9-8-,12-11-,15-14-,18-17-. The number of aliphatic carboxylic acids is 1. The van der Waals surface area contributed by atoms with Crippen molar-refractivity contribution in [1.29, 1.82) is 0 Å². The first-order valence-corrected chi connectivity index (χ1v) is 12.8. The molecule has 2 unspecified atom stereocenters. The smallest absolute Gasteiger partial charge is 0.310 e. The molecule has 0 spiro atoms. The molecular weight excluding hydrogens is 388 g/mol. The Morgan fingerprint density at radius 2 is 1.40 bits per heavy atom. The van der Waals surface area contributed by atoms with Crippen molar-refractivity contribution in [3.63, 3.8) is 0 Å². The second-order valence-corrected chi connectivity index (χ2v) is 9.23. The van der Waals surface area contributed by atoms with E-state index in [2.05, 4.69) is 67.7 Å². The minimum Gasteiger partial charge on any atom is -0.481 e. The second kappa shape index (κ2) is 17.2. The van der Waals surface area contributed by atoms with Crippen molar-refractivity contribution >= 4 is 17.7 Å². The van der Waals surface area contributed by atoms with Crippen molar-refractivity contribution < 1.29 is 9.90 Å². The lowest BCUT2D eigenvalue weighted by atomic mass is 9.66. The van der Waals surface area contributed by atoms with Gasteiger partial charge in [-0.25, -0.2) is 0 Å². The van der Waals surface area contributed by atoms with Gasteiger partial charge in [-0.15, -0.1) is 0 Å². The van der Waals surface area contributed by atoms with E-state index in [1.165, 1.54) is 12.8 Å². The van der Waals surface area contributed by atoms with Crippen LogP contribution in [0.3, 0.4) is 0 Å². The maximum absolute atomic E-state index is 11.5. The lowest BCUT2D eigenvalue weighted by Gasteiger charge is -2.45. The number of hydrogen-bond donors (Lipinski definition) is 1. The summed E-state index contributed by atoms with van der Waals surface area (Å²) in [5, 5.41) is 9.80. The molecule has 0 radical (unpaired) electrons. The summed E-state index contributed by atoms with van der Waals surface area (Å²) < 4.78 is 0. The van der Waals surface area contributed by atoms with Crippen molar-refractivity contribution in [2.75, 3.05) is 5.75 Å². The molecule has 1 N–H and O–H groups in total. The molecule has 30 heavy (non-hydrogen) atoms. The number of unbranched alkanes of at least 4 members (excludes halogenated alkanes) is 2. The van der Waals surface area contributed by atoms with Crippen LogP contribution in [0.1, 0.15) is 84.5 Å². The van der Waals surface area contributed by atoms with Gasteiger partial charge in [-0.2, -0.15) is 11.8 Å². The summed E-state index contributed by atoms with van der Waals surface area (Å²) in [7, 11) is 0. The summed E-state index contributed by atoms with van der Waals surface area (Å²) in [5.74, 6) is 0.497. The van der Waals surface area contributed by atoms with E-state index in [4.69, 9.17) is 0 Å². The average molecular weight is 431 g/mol. The highest BCUT2D eigenvalue weighted by atomic mass is 32.2. The Balaban J connectivity index is 1.96. The van der Waals surface area contributed by atoms with E-state index in [0.29, 0.717) is 5.25 Å². The monoisotopic (exact) mass is 430 g/mol. The lowest BCUT2D eigenvalue weighted by Crippen LogP contribution is -2.48. The molecule has 1 aliphatic rings. The van der Waals surface area contributed by atoms with E-state index < -0.39 is 11.4 Å². The normalized spacial score (nSPS) is 22.3. The summed E-state index contributed by atoms with van der Waals surface area (Å²) in [6.07, 6.45) is 33.7. The molecule has 168 valence electrons. The Hall–Kier alpha value is -1.48. The predicted octanol–water partition coefficient (Wildman–Crippen LogP) is 8.28. The van der Waals surface area contributed by atoms with Gasteiger partial charge in [-0.05, 0) is 76.4 Å². The minimum atomic E-state index is -0.590. The Labute approximate surface area is 189 Å². The molecule has 0 aromatic heterocycles. The van der Waals surface area contributed by atoms with Crippen LogP contribution in [-0.4, -0.2) is 22.1 Å². The molecule has 0 amide bonds. The van der Waals surface area contributed by atoms with Crippen LogP contribution in [0.15, 0.2) is 60.8 Å². The van der Waals surface area contributed by atoms with Crippen LogP contribution in [0, 0.1) is 5.41 Å². The van der Waals surface area contributed by atoms with Gasteiger partial charge in [0.1, 0.15) is 0 Å². The van der Waals surface area contributed by atoms with E-state index in [0.717, 1.165) is 63.5 Å². The zero-order chi connectivity index (χ0) is 21.9. The average Bonchev–Trinajstić information content (AvgIpc) is 2.72. The zero-order valence-electron chi connectivity index (χ0n) is 19.1. The molecule has 0 aromatic carbocycles. The predicted molar refractivity (Wildman–Crippen MR) is 134 cm³/mol. The van der Waals surface area contributed by atoms with E-state index in [1.807, 2.05) is 18.7 Å². The number of rotatable bonds is 17. The number of thioether (sulfide) groups is 1. The van der Waals surface area contributed by atoms with Crippen molar-refractivity contribution in [2.24, 2.45) is 5.41 Å². The maximum atomic E-state index is 11.5. The molecule has 1 saturated carbocycles. The number of allylic oxidation sites excluding steroid dienone is 10. The van der Waals surface area contributed by atoms with Gasteiger partial charge in [0.05, 0.1) is 5.41 Å². The largest absolute Gasteiger partial charge is 0.481 e. The van der Waals surface area contributed by atoms with Crippen molar-refractivity contribution in [3.05, 3.63) is 60.8 Å². The highest BCUT2D eigenvalue weighted by Crippen LogP contribution is 2.51. The molecule has 0 bridgehead atoms. The fraction of sp³-hybridized carbons (Fsp3) is 0.593. The molecule has 1 rings (SSSR count). The molecule has 0 aromatic rings. The molecule has 2 nitrogen and oxygen atoms in total. The van der Waals surface area contributed by atoms with Gasteiger partial charge in [0.25, 0.3) is 0 Å². The molecule has 0 aliphatic heterocycles. The fourth-order valence-corrected chi connectivity index (χ4v) is 5.26. The lowest BCUT2D eigenvalue weighted by molar-refractivity contribution is -0.153. The van der Waals surface area contributed by atoms with E-state index in [9.17, 15) is 9.90 Å². The van der Waals surface area contributed by atoms with Crippen molar-refractivity contribution in [1.82, 2.24) is 0 Å². The Bertz CT molecular complexity index is 596. The first kappa shape index (κ1) is 26.6. The summed E-state index contributed by atoms with van der Waals surface area (Å²) in [4.78, 5) is 11.5. The van der Waals surface area contributed by atoms with Gasteiger partial charge < -0.3 is 5.11 Å². The zero-order valence-corrected chi connectivity index (χ0v) is 19.9.